The van der Waals surface area contributed by atoms with E-state index in [1.54, 1.807) is 0 Å². The van der Waals surface area contributed by atoms with Crippen LogP contribution in [-0.2, 0) is 4.84 Å². The fraction of sp³-hybridized carbons (Fsp3) is 0.714. The molecule has 0 radical (unpaired) electrons. The number of likely N-dealkylation sites (tertiary alicyclic amines) is 1. The summed E-state index contributed by atoms with van der Waals surface area (Å²) < 4.78 is 0. The van der Waals surface area contributed by atoms with E-state index in [0.717, 1.165) is 18.7 Å². The van der Waals surface area contributed by atoms with Crippen LogP contribution < -0.4 is 0 Å². The number of rotatable bonds is 2. The van der Waals surface area contributed by atoms with Gasteiger partial charge in [-0.05, 0) is 0 Å². The lowest BCUT2D eigenvalue weighted by atomic mass is 10.3. The Labute approximate surface area is 76.6 Å². The molecule has 0 bridgehead atoms. The van der Waals surface area contributed by atoms with Crippen LogP contribution in [0.25, 0.3) is 0 Å². The highest BCUT2D eigenvalue weighted by Gasteiger charge is 2.19. The molecule has 1 heterocycles. The smallest absolute Gasteiger partial charge is 0.111 e. The van der Waals surface area contributed by atoms with Gasteiger partial charge in [0.1, 0.15) is 12.9 Å². The highest BCUT2D eigenvalue weighted by molar-refractivity contribution is 6.27. The number of alkyl halides is 1. The number of nitrogens with one attached hydrogen (secondary N) is 1. The molecule has 0 unspecified atom stereocenters. The van der Waals surface area contributed by atoms with Crippen LogP contribution in [0.2, 0.25) is 0 Å². The van der Waals surface area contributed by atoms with E-state index in [1.165, 1.54) is 7.11 Å². The number of hydrogen-bond acceptors (Lipinski definition) is 3. The summed E-state index contributed by atoms with van der Waals surface area (Å²) in [6.07, 6.45) is 0.868. The summed E-state index contributed by atoms with van der Waals surface area (Å²) >= 11 is 5.52. The number of amidine groups is 1. The zero-order valence-electron chi connectivity index (χ0n) is 7.01. The quantitative estimate of drug-likeness (QED) is 0.304. The molecule has 0 aliphatic carbocycles. The first kappa shape index (κ1) is 9.32. The number of hydrogen-bond donors (Lipinski definition) is 1. The first-order valence-electron chi connectivity index (χ1n) is 3.75. The van der Waals surface area contributed by atoms with Gasteiger partial charge < -0.3 is 9.74 Å². The van der Waals surface area contributed by atoms with E-state index >= 15 is 0 Å². The molecule has 12 heavy (non-hydrogen) atoms. The molecule has 0 amide bonds. The van der Waals surface area contributed by atoms with Crippen LogP contribution in [0.5, 0.6) is 0 Å². The van der Waals surface area contributed by atoms with Gasteiger partial charge in [-0.3, -0.25) is 5.41 Å². The number of halogens is 1. The molecule has 0 saturated carbocycles. The van der Waals surface area contributed by atoms with Crippen molar-refractivity contribution in [1.29, 1.82) is 5.41 Å². The molecule has 1 N–H and O–H groups in total. The minimum Gasteiger partial charge on any atom is -0.399 e. The Kier molecular flexibility index (Phi) is 3.34. The zero-order valence-corrected chi connectivity index (χ0v) is 7.76. The largest absolute Gasteiger partial charge is 0.399 e. The van der Waals surface area contributed by atoms with Gasteiger partial charge >= 0.3 is 0 Å². The number of nitrogens with zero attached hydrogens (tertiary/aromatic N) is 2. The molecule has 1 rings (SSSR count). The minimum atomic E-state index is 0.264. The second-order valence-corrected chi connectivity index (χ2v) is 2.86. The fourth-order valence-corrected chi connectivity index (χ4v) is 1.33. The third-order valence-corrected chi connectivity index (χ3v) is 2.03. The first-order valence-corrected chi connectivity index (χ1v) is 4.28. The van der Waals surface area contributed by atoms with E-state index in [9.17, 15) is 0 Å². The fourth-order valence-electron chi connectivity index (χ4n) is 1.16. The zero-order chi connectivity index (χ0) is 8.97. The van der Waals surface area contributed by atoms with Crippen molar-refractivity contribution < 1.29 is 4.84 Å². The Balaban J connectivity index is 2.45. The van der Waals surface area contributed by atoms with Crippen LogP contribution in [0, 0.1) is 5.41 Å². The lowest BCUT2D eigenvalue weighted by molar-refractivity contribution is 0.212. The molecule has 0 spiro atoms. The third-order valence-electron chi connectivity index (χ3n) is 1.77. The third kappa shape index (κ3) is 2.11. The summed E-state index contributed by atoms with van der Waals surface area (Å²) in [5.41, 5.74) is 0.979. The van der Waals surface area contributed by atoms with E-state index < -0.39 is 0 Å². The Bertz CT molecular complexity index is 205. The number of oxime groups is 1. The lowest BCUT2D eigenvalue weighted by Crippen LogP contribution is -2.29. The molecule has 0 atom stereocenters. The summed E-state index contributed by atoms with van der Waals surface area (Å²) in [6.45, 7) is 1.51. The van der Waals surface area contributed by atoms with E-state index in [1.807, 2.05) is 4.90 Å². The van der Waals surface area contributed by atoms with E-state index in [-0.39, 0.29) is 5.88 Å². The van der Waals surface area contributed by atoms with Gasteiger partial charge in [-0.15, -0.1) is 11.6 Å². The van der Waals surface area contributed by atoms with Gasteiger partial charge in [-0.2, -0.15) is 0 Å². The van der Waals surface area contributed by atoms with Crippen LogP contribution in [0.3, 0.4) is 0 Å². The molecule has 1 fully saturated rings. The van der Waals surface area contributed by atoms with Crippen molar-refractivity contribution in [1.82, 2.24) is 4.90 Å². The second kappa shape index (κ2) is 4.30. The average molecular weight is 190 g/mol. The topological polar surface area (TPSA) is 48.7 Å². The predicted octanol–water partition coefficient (Wildman–Crippen LogP) is 0.911. The molecule has 0 aromatic rings. The van der Waals surface area contributed by atoms with Gasteiger partial charge in [0.15, 0.2) is 0 Å². The van der Waals surface area contributed by atoms with Crippen molar-refractivity contribution in [2.75, 3.05) is 26.1 Å². The SMILES string of the molecule is CO/N=C1/CCN(C(=N)CCl)C1. The van der Waals surface area contributed by atoms with E-state index in [4.69, 9.17) is 17.0 Å². The summed E-state index contributed by atoms with van der Waals surface area (Å²) in [4.78, 5) is 6.54. The molecular formula is C7H12ClN3O. The van der Waals surface area contributed by atoms with Gasteiger partial charge in [0.2, 0.25) is 0 Å². The van der Waals surface area contributed by atoms with Crippen LogP contribution >= 0.6 is 11.6 Å². The van der Waals surface area contributed by atoms with Gasteiger partial charge in [0.05, 0.1) is 18.1 Å². The molecule has 0 aromatic heterocycles. The lowest BCUT2D eigenvalue weighted by Gasteiger charge is -2.14. The molecule has 68 valence electrons. The molecule has 1 saturated heterocycles. The maximum absolute atomic E-state index is 7.45. The molecular weight excluding hydrogens is 178 g/mol. The first-order chi connectivity index (χ1) is 5.77. The maximum atomic E-state index is 7.45. The van der Waals surface area contributed by atoms with Crippen molar-refractivity contribution in [3.05, 3.63) is 0 Å². The monoisotopic (exact) mass is 189 g/mol. The molecule has 1 aliphatic rings. The maximum Gasteiger partial charge on any atom is 0.111 e. The highest BCUT2D eigenvalue weighted by atomic mass is 35.5. The second-order valence-electron chi connectivity index (χ2n) is 2.59. The Morgan fingerprint density at radius 1 is 1.83 bits per heavy atom. The Hall–Kier alpha value is -0.770. The van der Waals surface area contributed by atoms with Crippen LogP contribution in [0.4, 0.5) is 0 Å². The van der Waals surface area contributed by atoms with Gasteiger partial charge in [0.25, 0.3) is 0 Å². The van der Waals surface area contributed by atoms with E-state index in [2.05, 4.69) is 9.99 Å². The summed E-state index contributed by atoms with van der Waals surface area (Å²) in [7, 11) is 1.53. The molecule has 1 aliphatic heterocycles. The van der Waals surface area contributed by atoms with Gasteiger partial charge in [0, 0.05) is 13.0 Å². The van der Waals surface area contributed by atoms with Crippen LogP contribution in [-0.4, -0.2) is 42.5 Å². The molecule has 4 nitrogen and oxygen atoms in total. The van der Waals surface area contributed by atoms with Crippen molar-refractivity contribution in [3.8, 4) is 0 Å². The Morgan fingerprint density at radius 3 is 3.17 bits per heavy atom. The van der Waals surface area contributed by atoms with Crippen LogP contribution in [0.1, 0.15) is 6.42 Å². The standard InChI is InChI=1S/C7H12ClN3O/c1-12-10-6-2-3-11(5-6)7(9)4-8/h9H,2-5H2,1H3/b9-7?,10-6-. The predicted molar refractivity (Wildman–Crippen MR) is 49.1 cm³/mol. The summed E-state index contributed by atoms with van der Waals surface area (Å²) in [5.74, 6) is 0.721. The molecule has 0 aromatic carbocycles. The van der Waals surface area contributed by atoms with Crippen molar-refractivity contribution in [2.24, 2.45) is 5.16 Å². The van der Waals surface area contributed by atoms with Crippen molar-refractivity contribution in [3.63, 3.8) is 0 Å². The summed E-state index contributed by atoms with van der Waals surface area (Å²) in [6, 6.07) is 0. The minimum absolute atomic E-state index is 0.264. The van der Waals surface area contributed by atoms with Crippen molar-refractivity contribution in [2.45, 2.75) is 6.42 Å². The average Bonchev–Trinajstić information content (AvgIpc) is 2.52. The van der Waals surface area contributed by atoms with Crippen LogP contribution in [0.15, 0.2) is 5.16 Å². The molecule has 5 heteroatoms. The van der Waals surface area contributed by atoms with Crippen molar-refractivity contribution >= 4 is 23.1 Å². The van der Waals surface area contributed by atoms with Gasteiger partial charge in [-0.1, -0.05) is 5.16 Å². The van der Waals surface area contributed by atoms with E-state index in [0.29, 0.717) is 12.4 Å². The van der Waals surface area contributed by atoms with Gasteiger partial charge in [-0.25, -0.2) is 0 Å². The normalized spacial score (nSPS) is 20.2. The Morgan fingerprint density at radius 2 is 2.58 bits per heavy atom. The highest BCUT2D eigenvalue weighted by Crippen LogP contribution is 2.07. The summed E-state index contributed by atoms with van der Waals surface area (Å²) in [5, 5.41) is 11.3.